The summed E-state index contributed by atoms with van der Waals surface area (Å²) < 4.78 is 26.4. The first-order valence-electron chi connectivity index (χ1n) is 6.13. The molecular formula is C12H16ClN3O3S. The molecule has 1 heterocycles. The molecule has 6 nitrogen and oxygen atoms in total. The van der Waals surface area contributed by atoms with Gasteiger partial charge in [0.15, 0.2) is 0 Å². The fourth-order valence-electron chi connectivity index (χ4n) is 2.17. The highest BCUT2D eigenvalue weighted by Crippen LogP contribution is 2.30. The quantitative estimate of drug-likeness (QED) is 0.817. The molecule has 0 bridgehead atoms. The molecule has 0 radical (unpaired) electrons. The summed E-state index contributed by atoms with van der Waals surface area (Å²) in [5.41, 5.74) is 5.87. The van der Waals surface area contributed by atoms with Gasteiger partial charge in [-0.15, -0.1) is 0 Å². The number of anilines is 1. The third kappa shape index (κ3) is 2.74. The lowest BCUT2D eigenvalue weighted by Gasteiger charge is -2.33. The van der Waals surface area contributed by atoms with Gasteiger partial charge in [-0.25, -0.2) is 8.42 Å². The summed E-state index contributed by atoms with van der Waals surface area (Å²) in [7, 11) is -3.73. The van der Waals surface area contributed by atoms with E-state index in [0.717, 1.165) is 0 Å². The first-order valence-corrected chi connectivity index (χ1v) is 7.95. The van der Waals surface area contributed by atoms with Crippen molar-refractivity contribution in [1.82, 2.24) is 9.21 Å². The lowest BCUT2D eigenvalue weighted by molar-refractivity contribution is -0.129. The molecule has 110 valence electrons. The maximum atomic E-state index is 12.6. The molecule has 0 aromatic heterocycles. The van der Waals surface area contributed by atoms with Crippen molar-refractivity contribution < 1.29 is 13.2 Å². The summed E-state index contributed by atoms with van der Waals surface area (Å²) in [6.07, 6.45) is 0. The van der Waals surface area contributed by atoms with Crippen molar-refractivity contribution in [3.05, 3.63) is 23.2 Å². The molecule has 1 aromatic carbocycles. The van der Waals surface area contributed by atoms with Crippen LogP contribution in [0.15, 0.2) is 23.1 Å². The Kier molecular flexibility index (Phi) is 4.22. The van der Waals surface area contributed by atoms with Gasteiger partial charge in [-0.05, 0) is 12.1 Å². The van der Waals surface area contributed by atoms with E-state index in [2.05, 4.69) is 0 Å². The van der Waals surface area contributed by atoms with Crippen LogP contribution in [0.3, 0.4) is 0 Å². The Bertz CT molecular complexity index is 605. The maximum absolute atomic E-state index is 12.6. The van der Waals surface area contributed by atoms with E-state index in [1.807, 2.05) is 0 Å². The number of rotatable bonds is 2. The summed E-state index contributed by atoms with van der Waals surface area (Å²) in [4.78, 5) is 12.8. The topological polar surface area (TPSA) is 83.7 Å². The largest absolute Gasteiger partial charge is 0.398 e. The molecule has 1 aliphatic heterocycles. The van der Waals surface area contributed by atoms with Crippen molar-refractivity contribution in [1.29, 1.82) is 0 Å². The number of carbonyl (C=O) groups excluding carboxylic acids is 1. The van der Waals surface area contributed by atoms with Gasteiger partial charge in [0.05, 0.1) is 10.7 Å². The highest BCUT2D eigenvalue weighted by molar-refractivity contribution is 7.89. The van der Waals surface area contributed by atoms with E-state index in [-0.39, 0.29) is 34.6 Å². The van der Waals surface area contributed by atoms with Crippen LogP contribution in [0.2, 0.25) is 5.02 Å². The Labute approximate surface area is 123 Å². The molecule has 0 saturated carbocycles. The minimum Gasteiger partial charge on any atom is -0.398 e. The fraction of sp³-hybridized carbons (Fsp3) is 0.417. The van der Waals surface area contributed by atoms with Gasteiger partial charge < -0.3 is 10.6 Å². The number of nitrogens with two attached hydrogens (primary N) is 1. The SMILES string of the molecule is CC(=O)N1CCN(S(=O)(=O)c2c(N)cccc2Cl)CC1. The summed E-state index contributed by atoms with van der Waals surface area (Å²) in [5, 5.41) is 0.110. The van der Waals surface area contributed by atoms with Crippen LogP contribution in [0.1, 0.15) is 6.92 Å². The maximum Gasteiger partial charge on any atom is 0.246 e. The van der Waals surface area contributed by atoms with Gasteiger partial charge in [0.25, 0.3) is 0 Å². The first-order chi connectivity index (χ1) is 9.34. The van der Waals surface area contributed by atoms with Crippen LogP contribution in [0.5, 0.6) is 0 Å². The summed E-state index contributed by atoms with van der Waals surface area (Å²) in [6, 6.07) is 4.60. The molecule has 8 heteroatoms. The summed E-state index contributed by atoms with van der Waals surface area (Å²) in [5.74, 6) is -0.0562. The van der Waals surface area contributed by atoms with Crippen LogP contribution < -0.4 is 5.73 Å². The van der Waals surface area contributed by atoms with E-state index in [9.17, 15) is 13.2 Å². The number of nitrogen functional groups attached to an aromatic ring is 1. The standard InChI is InChI=1S/C12H16ClN3O3S/c1-9(17)15-5-7-16(8-6-15)20(18,19)12-10(13)3-2-4-11(12)14/h2-4H,5-8,14H2,1H3. The fourth-order valence-corrected chi connectivity index (χ4v) is 4.23. The Hall–Kier alpha value is -1.31. The smallest absolute Gasteiger partial charge is 0.246 e. The number of carbonyl (C=O) groups is 1. The number of hydrogen-bond acceptors (Lipinski definition) is 4. The Morgan fingerprint density at radius 2 is 1.85 bits per heavy atom. The second kappa shape index (κ2) is 5.59. The Balaban J connectivity index is 2.27. The molecule has 0 atom stereocenters. The van der Waals surface area contributed by atoms with Crippen molar-refractivity contribution in [2.75, 3.05) is 31.9 Å². The van der Waals surface area contributed by atoms with Crippen molar-refractivity contribution in [3.63, 3.8) is 0 Å². The van der Waals surface area contributed by atoms with Crippen LogP contribution in [-0.2, 0) is 14.8 Å². The molecule has 0 unspecified atom stereocenters. The normalized spacial score (nSPS) is 17.2. The summed E-state index contributed by atoms with van der Waals surface area (Å²) in [6.45, 7) is 2.70. The molecule has 2 N–H and O–H groups in total. The number of amides is 1. The molecule has 2 rings (SSSR count). The van der Waals surface area contributed by atoms with Crippen LogP contribution in [-0.4, -0.2) is 49.7 Å². The second-order valence-corrected chi connectivity index (χ2v) is 6.85. The van der Waals surface area contributed by atoms with Crippen molar-refractivity contribution >= 4 is 33.2 Å². The number of hydrogen-bond donors (Lipinski definition) is 1. The third-order valence-electron chi connectivity index (χ3n) is 3.28. The van der Waals surface area contributed by atoms with E-state index in [1.54, 1.807) is 11.0 Å². The van der Waals surface area contributed by atoms with E-state index >= 15 is 0 Å². The molecule has 20 heavy (non-hydrogen) atoms. The number of halogens is 1. The summed E-state index contributed by atoms with van der Waals surface area (Å²) >= 11 is 5.96. The van der Waals surface area contributed by atoms with Gasteiger partial charge in [-0.1, -0.05) is 17.7 Å². The highest BCUT2D eigenvalue weighted by Gasteiger charge is 2.32. The average Bonchev–Trinajstić information content (AvgIpc) is 2.38. The van der Waals surface area contributed by atoms with Gasteiger partial charge in [0, 0.05) is 33.1 Å². The number of nitrogens with zero attached hydrogens (tertiary/aromatic N) is 2. The van der Waals surface area contributed by atoms with Crippen LogP contribution in [0, 0.1) is 0 Å². The predicted molar refractivity (Wildman–Crippen MR) is 76.9 cm³/mol. The zero-order valence-corrected chi connectivity index (χ0v) is 12.6. The third-order valence-corrected chi connectivity index (χ3v) is 5.72. The van der Waals surface area contributed by atoms with Gasteiger partial charge in [0.1, 0.15) is 4.90 Å². The van der Waals surface area contributed by atoms with Gasteiger partial charge in [-0.3, -0.25) is 4.79 Å². The van der Waals surface area contributed by atoms with E-state index in [1.165, 1.54) is 23.4 Å². The monoisotopic (exact) mass is 317 g/mol. The number of benzene rings is 1. The highest BCUT2D eigenvalue weighted by atomic mass is 35.5. The van der Waals surface area contributed by atoms with E-state index in [4.69, 9.17) is 17.3 Å². The van der Waals surface area contributed by atoms with Crippen molar-refractivity contribution in [3.8, 4) is 0 Å². The Morgan fingerprint density at radius 3 is 2.35 bits per heavy atom. The molecule has 1 saturated heterocycles. The lowest BCUT2D eigenvalue weighted by Crippen LogP contribution is -2.50. The second-order valence-electron chi connectivity index (χ2n) is 4.57. The average molecular weight is 318 g/mol. The Morgan fingerprint density at radius 1 is 1.25 bits per heavy atom. The lowest BCUT2D eigenvalue weighted by atomic mass is 10.3. The predicted octanol–water partition coefficient (Wildman–Crippen LogP) is 0.775. The van der Waals surface area contributed by atoms with Crippen molar-refractivity contribution in [2.45, 2.75) is 11.8 Å². The van der Waals surface area contributed by atoms with Gasteiger partial charge >= 0.3 is 0 Å². The van der Waals surface area contributed by atoms with E-state index in [0.29, 0.717) is 13.1 Å². The number of piperazine rings is 1. The van der Waals surface area contributed by atoms with Crippen LogP contribution in [0.25, 0.3) is 0 Å². The molecule has 0 spiro atoms. The molecular weight excluding hydrogens is 302 g/mol. The molecule has 0 aliphatic carbocycles. The van der Waals surface area contributed by atoms with Crippen molar-refractivity contribution in [2.24, 2.45) is 0 Å². The molecule has 1 aromatic rings. The molecule has 1 fully saturated rings. The van der Waals surface area contributed by atoms with Crippen LogP contribution >= 0.6 is 11.6 Å². The van der Waals surface area contributed by atoms with Gasteiger partial charge in [0.2, 0.25) is 15.9 Å². The minimum absolute atomic E-state index is 0.0562. The first kappa shape index (κ1) is 15.1. The van der Waals surface area contributed by atoms with Gasteiger partial charge in [-0.2, -0.15) is 4.31 Å². The molecule has 1 amide bonds. The van der Waals surface area contributed by atoms with E-state index < -0.39 is 10.0 Å². The zero-order chi connectivity index (χ0) is 14.9. The zero-order valence-electron chi connectivity index (χ0n) is 11.0. The number of sulfonamides is 1. The molecule has 1 aliphatic rings. The van der Waals surface area contributed by atoms with Crippen LogP contribution in [0.4, 0.5) is 5.69 Å². The minimum atomic E-state index is -3.73.